The number of aromatic nitrogens is 2. The zero-order valence-corrected chi connectivity index (χ0v) is 9.41. The first kappa shape index (κ1) is 12.0. The van der Waals surface area contributed by atoms with Gasteiger partial charge < -0.3 is 5.32 Å². The van der Waals surface area contributed by atoms with Gasteiger partial charge in [-0.25, -0.2) is 8.78 Å². The van der Waals surface area contributed by atoms with Gasteiger partial charge in [0.25, 0.3) is 5.92 Å². The first-order valence-corrected chi connectivity index (χ1v) is 5.33. The molecule has 1 unspecified atom stereocenters. The summed E-state index contributed by atoms with van der Waals surface area (Å²) in [5.41, 5.74) is 0.839. The van der Waals surface area contributed by atoms with Gasteiger partial charge >= 0.3 is 0 Å². The summed E-state index contributed by atoms with van der Waals surface area (Å²) in [5.74, 6) is -3.18. The zero-order valence-electron chi connectivity index (χ0n) is 9.41. The lowest BCUT2D eigenvalue weighted by atomic mass is 10.2. The van der Waals surface area contributed by atoms with Gasteiger partial charge in [-0.15, -0.1) is 0 Å². The van der Waals surface area contributed by atoms with Crippen LogP contribution in [-0.2, 0) is 18.4 Å². The number of amides is 1. The highest BCUT2D eigenvalue weighted by Gasteiger charge is 2.42. The second-order valence-corrected chi connectivity index (χ2v) is 4.23. The fourth-order valence-electron chi connectivity index (χ4n) is 1.78. The fourth-order valence-corrected chi connectivity index (χ4v) is 1.78. The summed E-state index contributed by atoms with van der Waals surface area (Å²) in [6, 6.07) is -0.804. The number of carbonyl (C=O) groups is 1. The number of nitrogens with one attached hydrogen (secondary N) is 2. The maximum atomic E-state index is 12.9. The van der Waals surface area contributed by atoms with Crippen LogP contribution >= 0.6 is 0 Å². The van der Waals surface area contributed by atoms with Gasteiger partial charge in [0, 0.05) is 31.8 Å². The molecule has 1 aliphatic heterocycles. The average Bonchev–Trinajstić information content (AvgIpc) is 2.81. The summed E-state index contributed by atoms with van der Waals surface area (Å²) in [6.07, 6.45) is 2.94. The van der Waals surface area contributed by atoms with Crippen molar-refractivity contribution in [3.8, 4) is 0 Å². The fraction of sp³-hybridized carbons (Fsp3) is 0.600. The average molecular weight is 244 g/mol. The molecule has 17 heavy (non-hydrogen) atoms. The van der Waals surface area contributed by atoms with E-state index in [1.54, 1.807) is 24.1 Å². The van der Waals surface area contributed by atoms with Crippen molar-refractivity contribution >= 4 is 5.91 Å². The summed E-state index contributed by atoms with van der Waals surface area (Å²) in [4.78, 5) is 11.6. The summed E-state index contributed by atoms with van der Waals surface area (Å²) in [7, 11) is 1.77. The summed E-state index contributed by atoms with van der Waals surface area (Å²) >= 11 is 0. The summed E-state index contributed by atoms with van der Waals surface area (Å²) in [6.45, 7) is -0.131. The normalized spacial score (nSPS) is 22.6. The van der Waals surface area contributed by atoms with Crippen molar-refractivity contribution in [2.24, 2.45) is 7.05 Å². The van der Waals surface area contributed by atoms with Crippen molar-refractivity contribution in [2.75, 3.05) is 6.54 Å². The molecule has 1 amide bonds. The molecule has 0 radical (unpaired) electrons. The molecule has 2 rings (SSSR count). The zero-order chi connectivity index (χ0) is 12.5. The van der Waals surface area contributed by atoms with Gasteiger partial charge in [0.15, 0.2) is 0 Å². The standard InChI is InChI=1S/C10H14F2N4O/c1-16-5-7(4-15-16)3-13-9(17)8-2-10(11,12)6-14-8/h4-5,8,14H,2-3,6H2,1H3,(H,13,17). The van der Waals surface area contributed by atoms with E-state index < -0.39 is 30.8 Å². The SMILES string of the molecule is Cn1cc(CNC(=O)C2CC(F)(F)CN2)cn1. The van der Waals surface area contributed by atoms with Crippen LogP contribution in [-0.4, -0.2) is 34.2 Å². The molecule has 0 bridgehead atoms. The van der Waals surface area contributed by atoms with Gasteiger partial charge in [0.1, 0.15) is 0 Å². The number of nitrogens with zero attached hydrogens (tertiary/aromatic N) is 2. The van der Waals surface area contributed by atoms with Crippen molar-refractivity contribution in [3.63, 3.8) is 0 Å². The predicted molar refractivity (Wildman–Crippen MR) is 56.4 cm³/mol. The number of carbonyl (C=O) groups excluding carboxylic acids is 1. The lowest BCUT2D eigenvalue weighted by molar-refractivity contribution is -0.123. The third-order valence-electron chi connectivity index (χ3n) is 2.65. The third kappa shape index (κ3) is 3.00. The Balaban J connectivity index is 1.82. The molecule has 1 atom stereocenters. The highest BCUT2D eigenvalue weighted by molar-refractivity contribution is 5.82. The summed E-state index contributed by atoms with van der Waals surface area (Å²) < 4.78 is 27.3. The van der Waals surface area contributed by atoms with E-state index in [2.05, 4.69) is 15.7 Å². The minimum atomic E-state index is -2.78. The van der Waals surface area contributed by atoms with Crippen molar-refractivity contribution in [3.05, 3.63) is 18.0 Å². The van der Waals surface area contributed by atoms with Gasteiger partial charge in [-0.05, 0) is 0 Å². The maximum Gasteiger partial charge on any atom is 0.262 e. The number of hydrogen-bond acceptors (Lipinski definition) is 3. The number of aryl methyl sites for hydroxylation is 1. The quantitative estimate of drug-likeness (QED) is 0.789. The molecule has 2 N–H and O–H groups in total. The molecule has 0 aromatic carbocycles. The van der Waals surface area contributed by atoms with Crippen LogP contribution in [0.2, 0.25) is 0 Å². The lowest BCUT2D eigenvalue weighted by Gasteiger charge is -2.10. The predicted octanol–water partition coefficient (Wildman–Crippen LogP) is 0.0335. The van der Waals surface area contributed by atoms with Crippen molar-refractivity contribution in [1.29, 1.82) is 0 Å². The lowest BCUT2D eigenvalue weighted by Crippen LogP contribution is -2.39. The van der Waals surface area contributed by atoms with E-state index in [0.717, 1.165) is 5.56 Å². The number of alkyl halides is 2. The molecule has 1 saturated heterocycles. The maximum absolute atomic E-state index is 12.9. The second-order valence-electron chi connectivity index (χ2n) is 4.23. The van der Waals surface area contributed by atoms with Gasteiger partial charge in [-0.1, -0.05) is 0 Å². The smallest absolute Gasteiger partial charge is 0.262 e. The molecule has 0 spiro atoms. The van der Waals surface area contributed by atoms with E-state index in [1.165, 1.54) is 0 Å². The molecule has 0 saturated carbocycles. The van der Waals surface area contributed by atoms with E-state index in [1.807, 2.05) is 0 Å². The van der Waals surface area contributed by atoms with Crippen LogP contribution in [0.15, 0.2) is 12.4 Å². The van der Waals surface area contributed by atoms with Crippen LogP contribution in [0.3, 0.4) is 0 Å². The molecule has 2 heterocycles. The molecule has 94 valence electrons. The number of rotatable bonds is 3. The van der Waals surface area contributed by atoms with Crippen LogP contribution in [0, 0.1) is 0 Å². The number of hydrogen-bond donors (Lipinski definition) is 2. The summed E-state index contributed by atoms with van der Waals surface area (Å²) in [5, 5.41) is 9.05. The molecule has 5 nitrogen and oxygen atoms in total. The molecule has 1 aromatic rings. The van der Waals surface area contributed by atoms with Crippen molar-refractivity contribution in [2.45, 2.75) is 24.9 Å². The first-order chi connectivity index (χ1) is 7.96. The largest absolute Gasteiger partial charge is 0.351 e. The van der Waals surface area contributed by atoms with Crippen LogP contribution in [0.4, 0.5) is 8.78 Å². The Morgan fingerprint density at radius 3 is 3.06 bits per heavy atom. The van der Waals surface area contributed by atoms with E-state index in [0.29, 0.717) is 6.54 Å². The Kier molecular flexibility index (Phi) is 3.10. The molecular weight excluding hydrogens is 230 g/mol. The molecule has 1 fully saturated rings. The van der Waals surface area contributed by atoms with Crippen LogP contribution in [0.25, 0.3) is 0 Å². The Labute approximate surface area is 97.2 Å². The highest BCUT2D eigenvalue weighted by Crippen LogP contribution is 2.24. The number of halogens is 2. The van der Waals surface area contributed by atoms with Gasteiger partial charge in [-0.3, -0.25) is 14.8 Å². The Morgan fingerprint density at radius 1 is 1.76 bits per heavy atom. The van der Waals surface area contributed by atoms with Crippen LogP contribution < -0.4 is 10.6 Å². The Morgan fingerprint density at radius 2 is 2.53 bits per heavy atom. The molecule has 0 aliphatic carbocycles. The minimum Gasteiger partial charge on any atom is -0.351 e. The van der Waals surface area contributed by atoms with Crippen molar-refractivity contribution < 1.29 is 13.6 Å². The first-order valence-electron chi connectivity index (χ1n) is 5.33. The van der Waals surface area contributed by atoms with E-state index >= 15 is 0 Å². The molecule has 1 aliphatic rings. The highest BCUT2D eigenvalue weighted by atomic mass is 19.3. The van der Waals surface area contributed by atoms with Gasteiger partial charge in [-0.2, -0.15) is 5.10 Å². The second kappa shape index (κ2) is 4.40. The molecule has 1 aromatic heterocycles. The van der Waals surface area contributed by atoms with Crippen molar-refractivity contribution in [1.82, 2.24) is 20.4 Å². The third-order valence-corrected chi connectivity index (χ3v) is 2.65. The van der Waals surface area contributed by atoms with Gasteiger partial charge in [0.2, 0.25) is 5.91 Å². The minimum absolute atomic E-state index is 0.302. The Hall–Kier alpha value is -1.50. The van der Waals surface area contributed by atoms with Gasteiger partial charge in [0.05, 0.1) is 18.8 Å². The Bertz CT molecular complexity index is 418. The molecular formula is C10H14F2N4O. The van der Waals surface area contributed by atoms with E-state index in [4.69, 9.17) is 0 Å². The monoisotopic (exact) mass is 244 g/mol. The van der Waals surface area contributed by atoms with E-state index in [9.17, 15) is 13.6 Å². The topological polar surface area (TPSA) is 59.0 Å². The van der Waals surface area contributed by atoms with Crippen LogP contribution in [0.1, 0.15) is 12.0 Å². The molecule has 7 heteroatoms. The van der Waals surface area contributed by atoms with E-state index in [-0.39, 0.29) is 0 Å². The van der Waals surface area contributed by atoms with Crippen LogP contribution in [0.5, 0.6) is 0 Å².